The van der Waals surface area contributed by atoms with Crippen LogP contribution in [0.2, 0.25) is 0 Å². The summed E-state index contributed by atoms with van der Waals surface area (Å²) >= 11 is 0. The molecule has 1 N–H and O–H groups in total. The Morgan fingerprint density at radius 1 is 1.31 bits per heavy atom. The Morgan fingerprint density at radius 3 is 2.46 bits per heavy atom. The molecule has 1 radical (unpaired) electrons. The highest BCUT2D eigenvalue weighted by Gasteiger charge is 2.21. The molecule has 1 amide bonds. The normalized spacial score (nSPS) is 10.9. The number of hydroxylamine groups is 1. The molecular formula is C10H12NO2. The van der Waals surface area contributed by atoms with E-state index in [1.807, 2.05) is 44.2 Å². The average Bonchev–Trinajstić information content (AvgIpc) is 2.16. The van der Waals surface area contributed by atoms with Gasteiger partial charge in [-0.15, -0.1) is 0 Å². The van der Waals surface area contributed by atoms with Crippen molar-refractivity contribution >= 4 is 6.41 Å². The molecule has 3 nitrogen and oxygen atoms in total. The lowest BCUT2D eigenvalue weighted by Gasteiger charge is -2.23. The van der Waals surface area contributed by atoms with Gasteiger partial charge in [0.05, 0.1) is 0 Å². The lowest BCUT2D eigenvalue weighted by molar-refractivity contribution is -0.0610. The second kappa shape index (κ2) is 4.05. The first-order valence-corrected chi connectivity index (χ1v) is 4.02. The van der Waals surface area contributed by atoms with E-state index in [0.29, 0.717) is 0 Å². The van der Waals surface area contributed by atoms with Gasteiger partial charge in [0.1, 0.15) is 5.60 Å². The molecule has 0 bridgehead atoms. The summed E-state index contributed by atoms with van der Waals surface area (Å²) in [5.74, 6) is 0. The van der Waals surface area contributed by atoms with E-state index in [-0.39, 0.29) is 0 Å². The van der Waals surface area contributed by atoms with Crippen LogP contribution in [0.3, 0.4) is 0 Å². The monoisotopic (exact) mass is 178 g/mol. The van der Waals surface area contributed by atoms with Crippen molar-refractivity contribution in [2.45, 2.75) is 19.4 Å². The molecule has 0 saturated heterocycles. The molecule has 0 fully saturated rings. The fraction of sp³-hybridized carbons (Fsp3) is 0.300. The molecule has 0 saturated carbocycles. The van der Waals surface area contributed by atoms with Gasteiger partial charge >= 0.3 is 6.41 Å². The van der Waals surface area contributed by atoms with Gasteiger partial charge in [0.15, 0.2) is 0 Å². The molecule has 13 heavy (non-hydrogen) atoms. The predicted molar refractivity (Wildman–Crippen MR) is 49.4 cm³/mol. The number of amides is 1. The van der Waals surface area contributed by atoms with Crippen LogP contribution in [0.4, 0.5) is 0 Å². The summed E-state index contributed by atoms with van der Waals surface area (Å²) < 4.78 is 0. The van der Waals surface area contributed by atoms with Crippen LogP contribution >= 0.6 is 0 Å². The van der Waals surface area contributed by atoms with Crippen LogP contribution in [0.15, 0.2) is 30.3 Å². The van der Waals surface area contributed by atoms with Gasteiger partial charge in [0.25, 0.3) is 0 Å². The Bertz CT molecular complexity index is 270. The van der Waals surface area contributed by atoms with Gasteiger partial charge in [-0.1, -0.05) is 30.3 Å². The Kier molecular flexibility index (Phi) is 3.03. The second-order valence-electron chi connectivity index (χ2n) is 3.18. The van der Waals surface area contributed by atoms with Crippen LogP contribution in [-0.4, -0.2) is 6.41 Å². The molecule has 1 rings (SSSR count). The third-order valence-corrected chi connectivity index (χ3v) is 1.82. The van der Waals surface area contributed by atoms with Gasteiger partial charge in [0.2, 0.25) is 0 Å². The summed E-state index contributed by atoms with van der Waals surface area (Å²) in [7, 11) is 0. The van der Waals surface area contributed by atoms with Crippen LogP contribution in [-0.2, 0) is 15.2 Å². The van der Waals surface area contributed by atoms with Crippen molar-refractivity contribution in [3.05, 3.63) is 35.9 Å². The van der Waals surface area contributed by atoms with Gasteiger partial charge in [-0.2, -0.15) is 0 Å². The van der Waals surface area contributed by atoms with E-state index in [0.717, 1.165) is 5.56 Å². The van der Waals surface area contributed by atoms with Crippen molar-refractivity contribution in [2.75, 3.05) is 0 Å². The lowest BCUT2D eigenvalue weighted by Crippen LogP contribution is -2.29. The zero-order valence-electron chi connectivity index (χ0n) is 7.70. The first-order chi connectivity index (χ1) is 6.17. The molecule has 1 aromatic carbocycles. The molecule has 0 aliphatic rings. The van der Waals surface area contributed by atoms with Crippen LogP contribution in [0, 0.1) is 0 Å². The van der Waals surface area contributed by atoms with E-state index in [2.05, 4.69) is 5.48 Å². The fourth-order valence-corrected chi connectivity index (χ4v) is 1.05. The molecule has 69 valence electrons. The van der Waals surface area contributed by atoms with E-state index >= 15 is 0 Å². The van der Waals surface area contributed by atoms with Crippen molar-refractivity contribution in [3.63, 3.8) is 0 Å². The molecule has 0 spiro atoms. The maximum atomic E-state index is 9.92. The predicted octanol–water partition coefficient (Wildman–Crippen LogP) is 1.51. The zero-order valence-corrected chi connectivity index (χ0v) is 7.70. The van der Waals surface area contributed by atoms with Crippen molar-refractivity contribution in [2.24, 2.45) is 0 Å². The molecular weight excluding hydrogens is 166 g/mol. The molecule has 0 atom stereocenters. The van der Waals surface area contributed by atoms with Crippen LogP contribution in [0.5, 0.6) is 0 Å². The Hall–Kier alpha value is -1.35. The zero-order chi connectivity index (χ0) is 9.73. The van der Waals surface area contributed by atoms with E-state index in [9.17, 15) is 4.79 Å². The quantitative estimate of drug-likeness (QED) is 0.560. The van der Waals surface area contributed by atoms with Crippen molar-refractivity contribution in [1.82, 2.24) is 5.48 Å². The standard InChI is InChI=1S/C10H12NO2/c1-10(2,13-11-8-12)9-6-4-3-5-7-9/h3-7H,1-2H3,(H,11,12). The molecule has 3 heteroatoms. The molecule has 0 unspecified atom stereocenters. The molecule has 1 aromatic rings. The maximum absolute atomic E-state index is 9.92. The number of hydrogen-bond acceptors (Lipinski definition) is 2. The van der Waals surface area contributed by atoms with Gasteiger partial charge in [0, 0.05) is 0 Å². The average molecular weight is 178 g/mol. The number of rotatable bonds is 4. The summed E-state index contributed by atoms with van der Waals surface area (Å²) in [6.07, 6.45) is 1.47. The minimum absolute atomic E-state index is 0.529. The van der Waals surface area contributed by atoms with Crippen molar-refractivity contribution in [1.29, 1.82) is 0 Å². The van der Waals surface area contributed by atoms with Crippen LogP contribution < -0.4 is 5.48 Å². The number of nitrogens with one attached hydrogen (secondary N) is 1. The van der Waals surface area contributed by atoms with Crippen LogP contribution in [0.1, 0.15) is 19.4 Å². The first kappa shape index (κ1) is 9.74. The number of carbonyl (C=O) groups excluding carboxylic acids is 1. The number of benzene rings is 1. The van der Waals surface area contributed by atoms with Gasteiger partial charge in [-0.05, 0) is 19.4 Å². The largest absolute Gasteiger partial charge is 0.335 e. The summed E-state index contributed by atoms with van der Waals surface area (Å²) in [6, 6.07) is 9.65. The minimum Gasteiger partial charge on any atom is -0.262 e. The van der Waals surface area contributed by atoms with Crippen molar-refractivity contribution in [3.8, 4) is 0 Å². The Labute approximate surface area is 77.7 Å². The molecule has 0 aliphatic heterocycles. The topological polar surface area (TPSA) is 38.3 Å². The molecule has 0 aromatic heterocycles. The number of hydrogen-bond donors (Lipinski definition) is 1. The van der Waals surface area contributed by atoms with Gasteiger partial charge < -0.3 is 0 Å². The van der Waals surface area contributed by atoms with E-state index in [1.54, 1.807) is 0 Å². The fourth-order valence-electron chi connectivity index (χ4n) is 1.05. The second-order valence-corrected chi connectivity index (χ2v) is 3.18. The summed E-state index contributed by atoms with van der Waals surface area (Å²) in [5.41, 5.74) is 2.55. The third kappa shape index (κ3) is 2.56. The Balaban J connectivity index is 2.74. The van der Waals surface area contributed by atoms with Gasteiger partial charge in [-0.3, -0.25) is 9.63 Å². The van der Waals surface area contributed by atoms with E-state index < -0.39 is 5.60 Å². The molecule has 0 aliphatic carbocycles. The summed E-state index contributed by atoms with van der Waals surface area (Å²) in [6.45, 7) is 3.74. The van der Waals surface area contributed by atoms with Crippen LogP contribution in [0.25, 0.3) is 0 Å². The van der Waals surface area contributed by atoms with E-state index in [4.69, 9.17) is 4.84 Å². The highest BCUT2D eigenvalue weighted by Crippen LogP contribution is 2.22. The Morgan fingerprint density at radius 2 is 1.92 bits per heavy atom. The lowest BCUT2D eigenvalue weighted by atomic mass is 9.99. The SMILES string of the molecule is CC(C)(ON[C]=O)c1ccccc1. The van der Waals surface area contributed by atoms with Crippen molar-refractivity contribution < 1.29 is 9.63 Å². The highest BCUT2D eigenvalue weighted by atomic mass is 16.7. The van der Waals surface area contributed by atoms with E-state index in [1.165, 1.54) is 6.41 Å². The summed E-state index contributed by atoms with van der Waals surface area (Å²) in [4.78, 5) is 15.0. The summed E-state index contributed by atoms with van der Waals surface area (Å²) in [5, 5.41) is 0. The maximum Gasteiger partial charge on any atom is 0.335 e. The molecule has 0 heterocycles. The first-order valence-electron chi connectivity index (χ1n) is 4.02. The highest BCUT2D eigenvalue weighted by molar-refractivity contribution is 5.45. The third-order valence-electron chi connectivity index (χ3n) is 1.82. The minimum atomic E-state index is -0.529. The smallest absolute Gasteiger partial charge is 0.262 e. The van der Waals surface area contributed by atoms with Gasteiger partial charge in [-0.25, -0.2) is 5.48 Å².